The summed E-state index contributed by atoms with van der Waals surface area (Å²) < 4.78 is 26.5. The number of amides is 1. The second-order valence-electron chi connectivity index (χ2n) is 4.97. The minimum absolute atomic E-state index is 0.0465. The third-order valence-corrected chi connectivity index (χ3v) is 5.01. The molecule has 0 radical (unpaired) electrons. The lowest BCUT2D eigenvalue weighted by Gasteiger charge is -2.09. The molecule has 9 heteroatoms. The molecule has 24 heavy (non-hydrogen) atoms. The quantitative estimate of drug-likeness (QED) is 0.629. The normalized spacial score (nSPS) is 11.5. The van der Waals surface area contributed by atoms with E-state index in [-0.39, 0.29) is 11.4 Å². The summed E-state index contributed by atoms with van der Waals surface area (Å²) in [7, 11) is -3.84. The van der Waals surface area contributed by atoms with E-state index in [1.54, 1.807) is 16.7 Å². The summed E-state index contributed by atoms with van der Waals surface area (Å²) in [6.07, 6.45) is 1.53. The van der Waals surface area contributed by atoms with Gasteiger partial charge in [-0.1, -0.05) is 34.1 Å². The Morgan fingerprint density at radius 1 is 1.17 bits per heavy atom. The first-order valence-electron chi connectivity index (χ1n) is 6.92. The highest BCUT2D eigenvalue weighted by molar-refractivity contribution is 9.10. The second kappa shape index (κ2) is 6.71. The van der Waals surface area contributed by atoms with Gasteiger partial charge >= 0.3 is 0 Å². The SMILES string of the molecule is O=C(Cn1cnc2ccccc21)NNS(=O)(=O)c1cccc(Br)c1. The van der Waals surface area contributed by atoms with Crippen LogP contribution in [0.3, 0.4) is 0 Å². The number of nitrogens with one attached hydrogen (secondary N) is 2. The number of benzene rings is 2. The Balaban J connectivity index is 1.67. The summed E-state index contributed by atoms with van der Waals surface area (Å²) in [6.45, 7) is -0.0541. The number of halogens is 1. The van der Waals surface area contributed by atoms with Crippen LogP contribution >= 0.6 is 15.9 Å². The molecule has 3 aromatic rings. The molecule has 1 amide bonds. The minimum atomic E-state index is -3.84. The number of carbonyl (C=O) groups is 1. The third kappa shape index (κ3) is 3.64. The molecular formula is C15H13BrN4O3S. The summed E-state index contributed by atoms with van der Waals surface area (Å²) in [5.74, 6) is -0.503. The first kappa shape index (κ1) is 16.6. The molecule has 0 saturated carbocycles. The van der Waals surface area contributed by atoms with Gasteiger partial charge in [-0.3, -0.25) is 10.2 Å². The van der Waals surface area contributed by atoms with Crippen molar-refractivity contribution in [2.75, 3.05) is 0 Å². The fraction of sp³-hybridized carbons (Fsp3) is 0.0667. The first-order valence-corrected chi connectivity index (χ1v) is 9.19. The van der Waals surface area contributed by atoms with Crippen molar-refractivity contribution in [3.63, 3.8) is 0 Å². The van der Waals surface area contributed by atoms with E-state index in [1.807, 2.05) is 24.3 Å². The summed E-state index contributed by atoms with van der Waals surface area (Å²) in [5, 5.41) is 0. The molecule has 1 aromatic heterocycles. The molecular weight excluding hydrogens is 396 g/mol. The highest BCUT2D eigenvalue weighted by Gasteiger charge is 2.15. The Labute approximate surface area is 146 Å². The fourth-order valence-corrected chi connectivity index (χ4v) is 3.60. The van der Waals surface area contributed by atoms with Crippen LogP contribution < -0.4 is 10.3 Å². The van der Waals surface area contributed by atoms with Crippen molar-refractivity contribution in [2.24, 2.45) is 0 Å². The summed E-state index contributed by atoms with van der Waals surface area (Å²) >= 11 is 3.21. The zero-order valence-corrected chi connectivity index (χ0v) is 14.7. The Kier molecular flexibility index (Phi) is 4.65. The molecule has 0 bridgehead atoms. The lowest BCUT2D eigenvalue weighted by atomic mass is 10.3. The van der Waals surface area contributed by atoms with Crippen molar-refractivity contribution in [1.82, 2.24) is 19.8 Å². The molecule has 2 aromatic carbocycles. The Morgan fingerprint density at radius 2 is 1.96 bits per heavy atom. The molecule has 0 spiro atoms. The van der Waals surface area contributed by atoms with E-state index >= 15 is 0 Å². The molecule has 1 heterocycles. The van der Waals surface area contributed by atoms with Crippen LogP contribution in [0.15, 0.2) is 64.2 Å². The van der Waals surface area contributed by atoms with Gasteiger partial charge in [0.15, 0.2) is 0 Å². The number of rotatable bonds is 5. The van der Waals surface area contributed by atoms with E-state index < -0.39 is 15.9 Å². The van der Waals surface area contributed by atoms with Crippen LogP contribution in [-0.2, 0) is 21.4 Å². The van der Waals surface area contributed by atoms with Crippen LogP contribution in [0.2, 0.25) is 0 Å². The third-order valence-electron chi connectivity index (χ3n) is 3.27. The van der Waals surface area contributed by atoms with Crippen molar-refractivity contribution in [1.29, 1.82) is 0 Å². The number of hydrogen-bond acceptors (Lipinski definition) is 4. The minimum Gasteiger partial charge on any atom is -0.321 e. The van der Waals surface area contributed by atoms with Gasteiger partial charge in [0, 0.05) is 4.47 Å². The van der Waals surface area contributed by atoms with Gasteiger partial charge < -0.3 is 4.57 Å². The van der Waals surface area contributed by atoms with Crippen molar-refractivity contribution < 1.29 is 13.2 Å². The van der Waals surface area contributed by atoms with Crippen molar-refractivity contribution >= 4 is 42.9 Å². The van der Waals surface area contributed by atoms with Gasteiger partial charge in [-0.2, -0.15) is 0 Å². The van der Waals surface area contributed by atoms with Gasteiger partial charge in [-0.05, 0) is 30.3 Å². The number of aromatic nitrogens is 2. The lowest BCUT2D eigenvalue weighted by molar-refractivity contribution is -0.122. The van der Waals surface area contributed by atoms with Crippen LogP contribution in [0.5, 0.6) is 0 Å². The summed E-state index contributed by atoms with van der Waals surface area (Å²) in [6, 6.07) is 13.5. The fourth-order valence-electron chi connectivity index (χ4n) is 2.15. The maximum absolute atomic E-state index is 12.1. The van der Waals surface area contributed by atoms with E-state index in [0.29, 0.717) is 4.47 Å². The molecule has 0 aliphatic heterocycles. The Hall–Kier alpha value is -2.23. The highest BCUT2D eigenvalue weighted by Crippen LogP contribution is 2.15. The second-order valence-corrected chi connectivity index (χ2v) is 7.57. The highest BCUT2D eigenvalue weighted by atomic mass is 79.9. The lowest BCUT2D eigenvalue weighted by Crippen LogP contribution is -2.43. The molecule has 0 fully saturated rings. The number of sulfonamides is 1. The van der Waals surface area contributed by atoms with Gasteiger partial charge in [0.1, 0.15) is 6.54 Å². The van der Waals surface area contributed by atoms with Gasteiger partial charge in [0.05, 0.1) is 22.3 Å². The molecule has 0 atom stereocenters. The van der Waals surface area contributed by atoms with E-state index in [0.717, 1.165) is 11.0 Å². The molecule has 7 nitrogen and oxygen atoms in total. The maximum Gasteiger partial charge on any atom is 0.257 e. The van der Waals surface area contributed by atoms with Crippen LogP contribution in [0.1, 0.15) is 0 Å². The van der Waals surface area contributed by atoms with Crippen molar-refractivity contribution in [3.05, 3.63) is 59.3 Å². The van der Waals surface area contributed by atoms with E-state index in [1.165, 1.54) is 18.5 Å². The average molecular weight is 409 g/mol. The average Bonchev–Trinajstić information content (AvgIpc) is 2.96. The monoisotopic (exact) mass is 408 g/mol. The van der Waals surface area contributed by atoms with Crippen molar-refractivity contribution in [2.45, 2.75) is 11.4 Å². The molecule has 0 aliphatic carbocycles. The molecule has 124 valence electrons. The molecule has 2 N–H and O–H groups in total. The number of para-hydroxylation sites is 2. The Bertz CT molecular complexity index is 1000. The molecule has 0 unspecified atom stereocenters. The van der Waals surface area contributed by atoms with Gasteiger partial charge in [-0.15, -0.1) is 4.83 Å². The van der Waals surface area contributed by atoms with Crippen molar-refractivity contribution in [3.8, 4) is 0 Å². The first-order chi connectivity index (χ1) is 11.5. The van der Waals surface area contributed by atoms with E-state index in [4.69, 9.17) is 0 Å². The van der Waals surface area contributed by atoms with Crippen LogP contribution in [0.4, 0.5) is 0 Å². The largest absolute Gasteiger partial charge is 0.321 e. The number of nitrogens with zero attached hydrogens (tertiary/aromatic N) is 2. The van der Waals surface area contributed by atoms with Gasteiger partial charge in [0.2, 0.25) is 0 Å². The predicted octanol–water partition coefficient (Wildman–Crippen LogP) is 1.81. The standard InChI is InChI=1S/C15H13BrN4O3S/c16-11-4-3-5-12(8-11)24(22,23)19-18-15(21)9-20-10-17-13-6-1-2-7-14(13)20/h1-8,10,19H,9H2,(H,18,21). The van der Waals surface area contributed by atoms with Crippen LogP contribution in [0, 0.1) is 0 Å². The smallest absolute Gasteiger partial charge is 0.257 e. The van der Waals surface area contributed by atoms with Gasteiger partial charge in [0.25, 0.3) is 15.9 Å². The number of fused-ring (bicyclic) bond motifs is 1. The predicted molar refractivity (Wildman–Crippen MR) is 92.3 cm³/mol. The molecule has 0 saturated heterocycles. The van der Waals surface area contributed by atoms with Crippen LogP contribution in [-0.4, -0.2) is 23.9 Å². The topological polar surface area (TPSA) is 93.1 Å². The molecule has 0 aliphatic rings. The van der Waals surface area contributed by atoms with E-state index in [9.17, 15) is 13.2 Å². The number of hydrogen-bond donors (Lipinski definition) is 2. The Morgan fingerprint density at radius 3 is 2.75 bits per heavy atom. The van der Waals surface area contributed by atoms with E-state index in [2.05, 4.69) is 31.2 Å². The maximum atomic E-state index is 12.1. The number of carbonyl (C=O) groups excluding carboxylic acids is 1. The number of hydrazine groups is 1. The zero-order valence-electron chi connectivity index (χ0n) is 12.3. The summed E-state index contributed by atoms with van der Waals surface area (Å²) in [4.78, 5) is 18.3. The zero-order chi connectivity index (χ0) is 17.2. The van der Waals surface area contributed by atoms with Gasteiger partial charge in [-0.25, -0.2) is 13.4 Å². The number of imidazole rings is 1. The molecule has 3 rings (SSSR count). The summed E-state index contributed by atoms with van der Waals surface area (Å²) in [5.41, 5.74) is 3.76. The van der Waals surface area contributed by atoms with Crippen LogP contribution in [0.25, 0.3) is 11.0 Å².